The summed E-state index contributed by atoms with van der Waals surface area (Å²) in [7, 11) is 1.40. The van der Waals surface area contributed by atoms with E-state index in [1.807, 2.05) is 31.2 Å². The average molecular weight is 266 g/mol. The molecule has 0 amide bonds. The Kier molecular flexibility index (Phi) is 12.2. The number of aliphatic hydroxyl groups excluding tert-OH is 1. The van der Waals surface area contributed by atoms with Crippen LogP contribution in [0.4, 0.5) is 0 Å². The van der Waals surface area contributed by atoms with Gasteiger partial charge >= 0.3 is 5.97 Å². The predicted octanol–water partition coefficient (Wildman–Crippen LogP) is 3.55. The van der Waals surface area contributed by atoms with Crippen LogP contribution < -0.4 is 0 Å². The lowest BCUT2D eigenvalue weighted by molar-refractivity contribution is -0.140. The first-order valence-electron chi connectivity index (χ1n) is 6.90. The Morgan fingerprint density at radius 2 is 2.00 bits per heavy atom. The molecule has 0 aromatic carbocycles. The van der Waals surface area contributed by atoms with Gasteiger partial charge in [-0.25, -0.2) is 0 Å². The molecule has 3 heteroatoms. The molecule has 0 saturated carbocycles. The minimum absolute atomic E-state index is 0.160. The first-order chi connectivity index (χ1) is 9.20. The molecule has 0 aliphatic heterocycles. The smallest absolute Gasteiger partial charge is 0.305 e. The molecule has 0 saturated heterocycles. The van der Waals surface area contributed by atoms with E-state index in [2.05, 4.69) is 10.8 Å². The fourth-order valence-electron chi connectivity index (χ4n) is 1.56. The number of hydrogen-bond donors (Lipinski definition) is 1. The van der Waals surface area contributed by atoms with Crippen molar-refractivity contribution in [1.82, 2.24) is 0 Å². The Morgan fingerprint density at radius 1 is 1.21 bits per heavy atom. The van der Waals surface area contributed by atoms with Crippen LogP contribution in [0, 0.1) is 0 Å². The Morgan fingerprint density at radius 3 is 2.68 bits per heavy atom. The molecule has 0 spiro atoms. The minimum Gasteiger partial charge on any atom is -0.469 e. The number of unbranched alkanes of at least 4 members (excludes halogenated alkanes) is 2. The van der Waals surface area contributed by atoms with Crippen LogP contribution in [0.2, 0.25) is 0 Å². The van der Waals surface area contributed by atoms with Crippen LogP contribution in [-0.4, -0.2) is 24.3 Å². The normalized spacial score (nSPS) is 13.6. The lowest BCUT2D eigenvalue weighted by Crippen LogP contribution is -2.02. The summed E-state index contributed by atoms with van der Waals surface area (Å²) in [5.74, 6) is -0.160. The average Bonchev–Trinajstić information content (AvgIpc) is 2.42. The van der Waals surface area contributed by atoms with Gasteiger partial charge in [0, 0.05) is 6.42 Å². The van der Waals surface area contributed by atoms with Crippen molar-refractivity contribution < 1.29 is 14.6 Å². The molecule has 108 valence electrons. The standard InChI is InChI=1S/C16H26O3/c1-3-4-5-6-7-9-12-15(17)13-10-8-11-14-16(18)19-2/h3-4,6-7,9,12,15,17H,5,8,10-11,13-14H2,1-2H3. The molecule has 0 aliphatic carbocycles. The zero-order valence-electron chi connectivity index (χ0n) is 12.0. The van der Waals surface area contributed by atoms with Crippen LogP contribution in [-0.2, 0) is 9.53 Å². The summed E-state index contributed by atoms with van der Waals surface area (Å²) in [6, 6.07) is 0. The molecule has 1 unspecified atom stereocenters. The molecule has 0 heterocycles. The van der Waals surface area contributed by atoms with E-state index < -0.39 is 6.10 Å². The molecule has 0 aromatic heterocycles. The van der Waals surface area contributed by atoms with E-state index in [-0.39, 0.29) is 5.97 Å². The number of aliphatic hydroxyl groups is 1. The highest BCUT2D eigenvalue weighted by atomic mass is 16.5. The maximum absolute atomic E-state index is 10.9. The highest BCUT2D eigenvalue weighted by Crippen LogP contribution is 2.07. The van der Waals surface area contributed by atoms with Gasteiger partial charge in [-0.2, -0.15) is 0 Å². The Labute approximate surface area is 116 Å². The number of hydrogen-bond acceptors (Lipinski definition) is 3. The molecule has 19 heavy (non-hydrogen) atoms. The molecular formula is C16H26O3. The Hall–Kier alpha value is -1.35. The lowest BCUT2D eigenvalue weighted by Gasteiger charge is -2.04. The first-order valence-corrected chi connectivity index (χ1v) is 6.90. The molecule has 0 aliphatic rings. The van der Waals surface area contributed by atoms with Gasteiger partial charge in [-0.1, -0.05) is 49.3 Å². The highest BCUT2D eigenvalue weighted by molar-refractivity contribution is 5.68. The van der Waals surface area contributed by atoms with Crippen LogP contribution in [0.15, 0.2) is 36.5 Å². The van der Waals surface area contributed by atoms with Gasteiger partial charge < -0.3 is 9.84 Å². The molecule has 3 nitrogen and oxygen atoms in total. The van der Waals surface area contributed by atoms with Gasteiger partial charge in [0.15, 0.2) is 0 Å². The van der Waals surface area contributed by atoms with E-state index in [9.17, 15) is 9.90 Å². The maximum Gasteiger partial charge on any atom is 0.305 e. The van der Waals surface area contributed by atoms with Crippen molar-refractivity contribution in [1.29, 1.82) is 0 Å². The molecular weight excluding hydrogens is 240 g/mol. The third-order valence-electron chi connectivity index (χ3n) is 2.70. The van der Waals surface area contributed by atoms with E-state index >= 15 is 0 Å². The fraction of sp³-hybridized carbons (Fsp3) is 0.562. The summed E-state index contributed by atoms with van der Waals surface area (Å²) in [6.45, 7) is 1.99. The van der Waals surface area contributed by atoms with Crippen molar-refractivity contribution >= 4 is 5.97 Å². The van der Waals surface area contributed by atoms with Crippen LogP contribution in [0.5, 0.6) is 0 Å². The van der Waals surface area contributed by atoms with Crippen molar-refractivity contribution in [3.63, 3.8) is 0 Å². The van der Waals surface area contributed by atoms with Gasteiger partial charge in [-0.3, -0.25) is 4.79 Å². The molecule has 0 rings (SSSR count). The van der Waals surface area contributed by atoms with Crippen molar-refractivity contribution in [3.8, 4) is 0 Å². The number of carbonyl (C=O) groups excluding carboxylic acids is 1. The van der Waals surface area contributed by atoms with Crippen molar-refractivity contribution in [2.45, 2.75) is 51.6 Å². The second-order valence-electron chi connectivity index (χ2n) is 4.36. The quantitative estimate of drug-likeness (QED) is 0.285. The summed E-state index contributed by atoms with van der Waals surface area (Å²) in [6.07, 6.45) is 16.2. The minimum atomic E-state index is -0.399. The van der Waals surface area contributed by atoms with Crippen molar-refractivity contribution in [2.24, 2.45) is 0 Å². The van der Waals surface area contributed by atoms with Gasteiger partial charge in [-0.15, -0.1) is 0 Å². The van der Waals surface area contributed by atoms with E-state index in [4.69, 9.17) is 0 Å². The third-order valence-corrected chi connectivity index (χ3v) is 2.70. The molecule has 0 aromatic rings. The van der Waals surface area contributed by atoms with Crippen LogP contribution in [0.1, 0.15) is 45.4 Å². The van der Waals surface area contributed by atoms with E-state index in [1.165, 1.54) is 7.11 Å². The summed E-state index contributed by atoms with van der Waals surface area (Å²) in [5, 5.41) is 9.68. The first kappa shape index (κ1) is 17.6. The Bertz CT molecular complexity index is 303. The Balaban J connectivity index is 3.53. The zero-order valence-corrected chi connectivity index (χ0v) is 12.0. The van der Waals surface area contributed by atoms with Crippen molar-refractivity contribution in [3.05, 3.63) is 36.5 Å². The van der Waals surface area contributed by atoms with E-state index in [1.54, 1.807) is 6.08 Å². The highest BCUT2D eigenvalue weighted by Gasteiger charge is 2.01. The SMILES string of the molecule is CC=CCC=CC=CC(O)CCCCCC(=O)OC. The zero-order chi connectivity index (χ0) is 14.3. The number of ether oxygens (including phenoxy) is 1. The van der Waals surface area contributed by atoms with Crippen LogP contribution in [0.3, 0.4) is 0 Å². The van der Waals surface area contributed by atoms with Gasteiger partial charge in [0.05, 0.1) is 13.2 Å². The number of esters is 1. The number of allylic oxidation sites excluding steroid dienone is 5. The van der Waals surface area contributed by atoms with Gasteiger partial charge in [0.1, 0.15) is 0 Å². The predicted molar refractivity (Wildman–Crippen MR) is 78.8 cm³/mol. The topological polar surface area (TPSA) is 46.5 Å². The molecule has 0 fully saturated rings. The third kappa shape index (κ3) is 12.9. The maximum atomic E-state index is 10.9. The summed E-state index contributed by atoms with van der Waals surface area (Å²) in [4.78, 5) is 10.9. The number of rotatable bonds is 10. The van der Waals surface area contributed by atoms with Crippen LogP contribution in [0.25, 0.3) is 0 Å². The second-order valence-corrected chi connectivity index (χ2v) is 4.36. The number of carbonyl (C=O) groups is 1. The molecule has 1 N–H and O–H groups in total. The molecule has 0 bridgehead atoms. The fourth-order valence-corrected chi connectivity index (χ4v) is 1.56. The van der Waals surface area contributed by atoms with E-state index in [0.717, 1.165) is 32.1 Å². The van der Waals surface area contributed by atoms with Gasteiger partial charge in [0.25, 0.3) is 0 Å². The largest absolute Gasteiger partial charge is 0.469 e. The van der Waals surface area contributed by atoms with Crippen LogP contribution >= 0.6 is 0 Å². The lowest BCUT2D eigenvalue weighted by atomic mass is 10.1. The summed E-state index contributed by atoms with van der Waals surface area (Å²) in [5.41, 5.74) is 0. The summed E-state index contributed by atoms with van der Waals surface area (Å²) < 4.78 is 4.56. The number of methoxy groups -OCH3 is 1. The van der Waals surface area contributed by atoms with Gasteiger partial charge in [-0.05, 0) is 26.2 Å². The molecule has 1 atom stereocenters. The van der Waals surface area contributed by atoms with Crippen molar-refractivity contribution in [2.75, 3.05) is 7.11 Å². The summed E-state index contributed by atoms with van der Waals surface area (Å²) >= 11 is 0. The second kappa shape index (κ2) is 13.1. The van der Waals surface area contributed by atoms with E-state index in [0.29, 0.717) is 6.42 Å². The van der Waals surface area contributed by atoms with Gasteiger partial charge in [0.2, 0.25) is 0 Å². The monoisotopic (exact) mass is 266 g/mol. The molecule has 0 radical (unpaired) electrons.